The molecule has 0 aromatic rings. The van der Waals surface area contributed by atoms with Gasteiger partial charge in [0.15, 0.2) is 0 Å². The standard InChI is InChI=1S/C16H30N2O3/c1-5-12(17(3)4)15(20)18-9-7-16(8-10-18)13(19)11-14(16)21-6-2/h12-14,19H,5-11H2,1-4H3. The highest BCUT2D eigenvalue weighted by molar-refractivity contribution is 5.81. The third-order valence-electron chi connectivity index (χ3n) is 5.41. The Morgan fingerprint density at radius 1 is 1.38 bits per heavy atom. The molecule has 0 radical (unpaired) electrons. The van der Waals surface area contributed by atoms with Gasteiger partial charge in [-0.15, -0.1) is 0 Å². The van der Waals surface area contributed by atoms with Crippen LogP contribution in [0.15, 0.2) is 0 Å². The van der Waals surface area contributed by atoms with Crippen LogP contribution in [0.3, 0.4) is 0 Å². The summed E-state index contributed by atoms with van der Waals surface area (Å²) in [5.74, 6) is 0.221. The molecule has 3 unspecified atom stereocenters. The first kappa shape index (κ1) is 16.7. The minimum absolute atomic E-state index is 0.0342. The highest BCUT2D eigenvalue weighted by atomic mass is 16.5. The van der Waals surface area contributed by atoms with Gasteiger partial charge in [0.05, 0.1) is 18.2 Å². The monoisotopic (exact) mass is 298 g/mol. The molecule has 1 spiro atoms. The van der Waals surface area contributed by atoms with Crippen LogP contribution in [0.1, 0.15) is 39.5 Å². The van der Waals surface area contributed by atoms with Gasteiger partial charge in [-0.05, 0) is 40.3 Å². The molecule has 5 heteroatoms. The maximum absolute atomic E-state index is 12.6. The molecule has 1 saturated carbocycles. The maximum Gasteiger partial charge on any atom is 0.239 e. The van der Waals surface area contributed by atoms with E-state index in [2.05, 4.69) is 6.92 Å². The Bertz CT molecular complexity index is 363. The van der Waals surface area contributed by atoms with Crippen LogP contribution in [-0.2, 0) is 9.53 Å². The minimum Gasteiger partial charge on any atom is -0.392 e. The molecule has 5 nitrogen and oxygen atoms in total. The van der Waals surface area contributed by atoms with E-state index >= 15 is 0 Å². The first-order chi connectivity index (χ1) is 9.96. The summed E-state index contributed by atoms with van der Waals surface area (Å²) in [6.07, 6.45) is 3.20. The van der Waals surface area contributed by atoms with Crippen molar-refractivity contribution in [2.75, 3.05) is 33.8 Å². The summed E-state index contributed by atoms with van der Waals surface area (Å²) in [6.45, 7) is 6.22. The summed E-state index contributed by atoms with van der Waals surface area (Å²) in [5.41, 5.74) is -0.105. The van der Waals surface area contributed by atoms with Gasteiger partial charge < -0.3 is 14.7 Å². The van der Waals surface area contributed by atoms with Crippen LogP contribution in [-0.4, -0.2) is 72.9 Å². The quantitative estimate of drug-likeness (QED) is 0.826. The molecule has 0 aromatic carbocycles. The van der Waals surface area contributed by atoms with Crippen molar-refractivity contribution in [3.63, 3.8) is 0 Å². The predicted octanol–water partition coefficient (Wildman–Crippen LogP) is 1.11. The van der Waals surface area contributed by atoms with E-state index < -0.39 is 0 Å². The van der Waals surface area contributed by atoms with E-state index in [-0.39, 0.29) is 29.6 Å². The van der Waals surface area contributed by atoms with Gasteiger partial charge >= 0.3 is 0 Å². The third-order valence-corrected chi connectivity index (χ3v) is 5.41. The van der Waals surface area contributed by atoms with Crippen molar-refractivity contribution < 1.29 is 14.6 Å². The van der Waals surface area contributed by atoms with Crippen molar-refractivity contribution in [2.24, 2.45) is 5.41 Å². The zero-order chi connectivity index (χ0) is 15.6. The number of aliphatic hydroxyl groups excluding tert-OH is 1. The number of nitrogens with zero attached hydrogens (tertiary/aromatic N) is 2. The van der Waals surface area contributed by atoms with Gasteiger partial charge in [-0.2, -0.15) is 0 Å². The fourth-order valence-corrected chi connectivity index (χ4v) is 3.93. The molecule has 1 aliphatic heterocycles. The molecule has 2 rings (SSSR count). The number of amides is 1. The number of carbonyl (C=O) groups excluding carboxylic acids is 1. The smallest absolute Gasteiger partial charge is 0.239 e. The van der Waals surface area contributed by atoms with Crippen LogP contribution in [0.4, 0.5) is 0 Å². The Morgan fingerprint density at radius 2 is 2.00 bits per heavy atom. The SMILES string of the molecule is CCOC1CC(O)C12CCN(C(=O)C(CC)N(C)C)CC2. The van der Waals surface area contributed by atoms with Crippen molar-refractivity contribution in [1.82, 2.24) is 9.80 Å². The lowest BCUT2D eigenvalue weighted by atomic mass is 9.58. The number of likely N-dealkylation sites (tertiary alicyclic amines) is 1. The van der Waals surface area contributed by atoms with Gasteiger partial charge in [-0.1, -0.05) is 6.92 Å². The van der Waals surface area contributed by atoms with E-state index in [9.17, 15) is 9.90 Å². The van der Waals surface area contributed by atoms with Crippen LogP contribution in [0.25, 0.3) is 0 Å². The topological polar surface area (TPSA) is 53.0 Å². The Hall–Kier alpha value is -0.650. The normalized spacial score (nSPS) is 29.5. The highest BCUT2D eigenvalue weighted by Gasteiger charge is 2.56. The predicted molar refractivity (Wildman–Crippen MR) is 82.1 cm³/mol. The van der Waals surface area contributed by atoms with E-state index in [1.54, 1.807) is 0 Å². The second kappa shape index (κ2) is 6.63. The molecule has 1 amide bonds. The van der Waals surface area contributed by atoms with Gasteiger partial charge in [0, 0.05) is 31.5 Å². The molecule has 1 aliphatic carbocycles. The van der Waals surface area contributed by atoms with Crippen molar-refractivity contribution >= 4 is 5.91 Å². The number of rotatable bonds is 5. The van der Waals surface area contributed by atoms with Crippen molar-refractivity contribution in [3.05, 3.63) is 0 Å². The van der Waals surface area contributed by atoms with Gasteiger partial charge in [-0.3, -0.25) is 9.69 Å². The summed E-state index contributed by atoms with van der Waals surface area (Å²) >= 11 is 0. The van der Waals surface area contributed by atoms with Crippen LogP contribution in [0, 0.1) is 5.41 Å². The average Bonchev–Trinajstić information content (AvgIpc) is 2.47. The van der Waals surface area contributed by atoms with Crippen LogP contribution >= 0.6 is 0 Å². The number of hydrogen-bond donors (Lipinski definition) is 1. The summed E-state index contributed by atoms with van der Waals surface area (Å²) in [6, 6.07) is -0.0342. The molecule has 2 aliphatic rings. The number of aliphatic hydroxyl groups is 1. The Labute approximate surface area is 128 Å². The lowest BCUT2D eigenvalue weighted by Gasteiger charge is -2.56. The molecular weight excluding hydrogens is 268 g/mol. The van der Waals surface area contributed by atoms with E-state index in [0.717, 1.165) is 38.8 Å². The number of likely N-dealkylation sites (N-methyl/N-ethyl adjacent to an activating group) is 1. The van der Waals surface area contributed by atoms with Crippen LogP contribution in [0.5, 0.6) is 0 Å². The van der Waals surface area contributed by atoms with Crippen molar-refractivity contribution in [1.29, 1.82) is 0 Å². The fourth-order valence-electron chi connectivity index (χ4n) is 3.93. The Kier molecular flexibility index (Phi) is 5.28. The maximum atomic E-state index is 12.6. The minimum atomic E-state index is -0.262. The molecular formula is C16H30N2O3. The summed E-state index contributed by atoms with van der Waals surface area (Å²) in [7, 11) is 3.91. The van der Waals surface area contributed by atoms with E-state index in [0.29, 0.717) is 6.61 Å². The highest BCUT2D eigenvalue weighted by Crippen LogP contribution is 2.51. The Balaban J connectivity index is 1.95. The van der Waals surface area contributed by atoms with Gasteiger partial charge in [-0.25, -0.2) is 0 Å². The largest absolute Gasteiger partial charge is 0.392 e. The lowest BCUT2D eigenvalue weighted by Crippen LogP contribution is -2.63. The molecule has 0 bridgehead atoms. The number of ether oxygens (including phenoxy) is 1. The molecule has 1 heterocycles. The zero-order valence-corrected chi connectivity index (χ0v) is 13.8. The van der Waals surface area contributed by atoms with Gasteiger partial charge in [0.1, 0.15) is 0 Å². The van der Waals surface area contributed by atoms with Crippen LogP contribution in [0.2, 0.25) is 0 Å². The molecule has 0 aromatic heterocycles. The van der Waals surface area contributed by atoms with Crippen molar-refractivity contribution in [2.45, 2.75) is 57.8 Å². The van der Waals surface area contributed by atoms with E-state index in [1.807, 2.05) is 30.8 Å². The second-order valence-electron chi connectivity index (χ2n) is 6.64. The summed E-state index contributed by atoms with van der Waals surface area (Å²) < 4.78 is 5.77. The van der Waals surface area contributed by atoms with E-state index in [1.165, 1.54) is 0 Å². The molecule has 1 saturated heterocycles. The van der Waals surface area contributed by atoms with Crippen LogP contribution < -0.4 is 0 Å². The molecule has 2 fully saturated rings. The number of piperidine rings is 1. The zero-order valence-electron chi connectivity index (χ0n) is 13.8. The summed E-state index contributed by atoms with van der Waals surface area (Å²) in [4.78, 5) is 16.5. The average molecular weight is 298 g/mol. The Morgan fingerprint density at radius 3 is 2.43 bits per heavy atom. The molecule has 3 atom stereocenters. The van der Waals surface area contributed by atoms with Crippen molar-refractivity contribution in [3.8, 4) is 0 Å². The van der Waals surface area contributed by atoms with Gasteiger partial charge in [0.25, 0.3) is 0 Å². The first-order valence-electron chi connectivity index (χ1n) is 8.21. The number of carbonyl (C=O) groups is 1. The third kappa shape index (κ3) is 2.96. The number of hydrogen-bond acceptors (Lipinski definition) is 4. The lowest BCUT2D eigenvalue weighted by molar-refractivity contribution is -0.210. The summed E-state index contributed by atoms with van der Waals surface area (Å²) in [5, 5.41) is 10.2. The molecule has 122 valence electrons. The van der Waals surface area contributed by atoms with Gasteiger partial charge in [0.2, 0.25) is 5.91 Å². The van der Waals surface area contributed by atoms with E-state index in [4.69, 9.17) is 4.74 Å². The fraction of sp³-hybridized carbons (Fsp3) is 0.938. The molecule has 1 N–H and O–H groups in total. The first-order valence-corrected chi connectivity index (χ1v) is 8.21. The second-order valence-corrected chi connectivity index (χ2v) is 6.64. The molecule has 21 heavy (non-hydrogen) atoms.